The molecule has 0 spiro atoms. The number of benzene rings is 2. The van der Waals surface area contributed by atoms with Crippen LogP contribution in [0.2, 0.25) is 0 Å². The highest BCUT2D eigenvalue weighted by molar-refractivity contribution is 7.98. The molecule has 0 amide bonds. The minimum Gasteiger partial charge on any atom is -0.486 e. The Hall–Kier alpha value is -1.70. The molecule has 0 fully saturated rings. The molecular weight excluding hydrogens is 358 g/mol. The quantitative estimate of drug-likeness (QED) is 0.750. The van der Waals surface area contributed by atoms with Crippen LogP contribution in [0.3, 0.4) is 0 Å². The standard InChI is InChI=1S/C18H21NO4S2/c1-14-2-4-15(5-3-14)13-24-11-8-19-25(20,21)16-6-7-17-18(12-16)23-10-9-22-17/h2-7,12,19H,8-11,13H2,1H3. The third-order valence-electron chi connectivity index (χ3n) is 3.75. The highest BCUT2D eigenvalue weighted by Crippen LogP contribution is 2.32. The molecule has 1 aliphatic heterocycles. The average Bonchev–Trinajstić information content (AvgIpc) is 2.62. The second kappa shape index (κ2) is 8.12. The van der Waals surface area contributed by atoms with Gasteiger partial charge in [0.1, 0.15) is 13.2 Å². The lowest BCUT2D eigenvalue weighted by Crippen LogP contribution is -2.26. The molecule has 0 aromatic heterocycles. The lowest BCUT2D eigenvalue weighted by molar-refractivity contribution is 0.171. The van der Waals surface area contributed by atoms with Crippen LogP contribution in [-0.2, 0) is 15.8 Å². The van der Waals surface area contributed by atoms with Gasteiger partial charge in [-0.05, 0) is 24.6 Å². The van der Waals surface area contributed by atoms with Gasteiger partial charge in [0.05, 0.1) is 4.90 Å². The lowest BCUT2D eigenvalue weighted by Gasteiger charge is -2.18. The molecule has 1 N–H and O–H groups in total. The predicted octanol–water partition coefficient (Wildman–Crippen LogP) is 2.98. The molecule has 25 heavy (non-hydrogen) atoms. The summed E-state index contributed by atoms with van der Waals surface area (Å²) in [4.78, 5) is 0.195. The highest BCUT2D eigenvalue weighted by Gasteiger charge is 2.18. The van der Waals surface area contributed by atoms with Gasteiger partial charge in [-0.1, -0.05) is 29.8 Å². The summed E-state index contributed by atoms with van der Waals surface area (Å²) in [7, 11) is -3.54. The fraction of sp³-hybridized carbons (Fsp3) is 0.333. The van der Waals surface area contributed by atoms with Crippen molar-refractivity contribution in [1.29, 1.82) is 0 Å². The summed E-state index contributed by atoms with van der Waals surface area (Å²) in [5, 5.41) is 0. The number of rotatable bonds is 7. The third-order valence-corrected chi connectivity index (χ3v) is 6.24. The Balaban J connectivity index is 1.49. The van der Waals surface area contributed by atoms with E-state index in [1.165, 1.54) is 23.3 Å². The molecule has 0 atom stereocenters. The van der Waals surface area contributed by atoms with Crippen LogP contribution < -0.4 is 14.2 Å². The van der Waals surface area contributed by atoms with Gasteiger partial charge in [0.2, 0.25) is 10.0 Å². The van der Waals surface area contributed by atoms with Crippen LogP contribution in [0, 0.1) is 6.92 Å². The van der Waals surface area contributed by atoms with Crippen molar-refractivity contribution in [2.45, 2.75) is 17.6 Å². The van der Waals surface area contributed by atoms with E-state index in [-0.39, 0.29) is 4.90 Å². The van der Waals surface area contributed by atoms with E-state index in [9.17, 15) is 8.42 Å². The van der Waals surface area contributed by atoms with Gasteiger partial charge in [-0.3, -0.25) is 0 Å². The molecule has 2 aromatic rings. The van der Waals surface area contributed by atoms with Crippen LogP contribution in [0.4, 0.5) is 0 Å². The summed E-state index contributed by atoms with van der Waals surface area (Å²) in [5.74, 6) is 2.63. The van der Waals surface area contributed by atoms with Crippen LogP contribution in [0.1, 0.15) is 11.1 Å². The largest absolute Gasteiger partial charge is 0.486 e. The van der Waals surface area contributed by atoms with Crippen molar-refractivity contribution >= 4 is 21.8 Å². The molecule has 0 saturated heterocycles. The Kier molecular flexibility index (Phi) is 5.88. The second-order valence-corrected chi connectivity index (χ2v) is 8.61. The molecular formula is C18H21NO4S2. The number of hydrogen-bond acceptors (Lipinski definition) is 5. The topological polar surface area (TPSA) is 64.6 Å². The van der Waals surface area contributed by atoms with E-state index >= 15 is 0 Å². The first kappa shape index (κ1) is 18.1. The third kappa shape index (κ3) is 4.90. The van der Waals surface area contributed by atoms with E-state index in [4.69, 9.17) is 9.47 Å². The fourth-order valence-corrected chi connectivity index (χ4v) is 4.39. The average molecular weight is 380 g/mol. The van der Waals surface area contributed by atoms with Crippen molar-refractivity contribution < 1.29 is 17.9 Å². The number of sulfonamides is 1. The Morgan fingerprint density at radius 1 is 1.04 bits per heavy atom. The van der Waals surface area contributed by atoms with E-state index in [1.54, 1.807) is 17.8 Å². The van der Waals surface area contributed by atoms with Gasteiger partial charge in [0.15, 0.2) is 11.5 Å². The van der Waals surface area contributed by atoms with Gasteiger partial charge in [-0.25, -0.2) is 13.1 Å². The zero-order valence-corrected chi connectivity index (χ0v) is 15.7. The van der Waals surface area contributed by atoms with E-state index in [1.807, 2.05) is 0 Å². The molecule has 0 saturated carbocycles. The molecule has 3 rings (SSSR count). The summed E-state index contributed by atoms with van der Waals surface area (Å²) >= 11 is 1.70. The van der Waals surface area contributed by atoms with Gasteiger partial charge >= 0.3 is 0 Å². The Bertz CT molecular complexity index is 819. The van der Waals surface area contributed by atoms with E-state index in [0.717, 1.165) is 5.75 Å². The Labute approximate surface area is 152 Å². The van der Waals surface area contributed by atoms with Crippen molar-refractivity contribution in [3.63, 3.8) is 0 Å². The first-order valence-corrected chi connectivity index (χ1v) is 10.7. The number of ether oxygens (including phenoxy) is 2. The first-order chi connectivity index (χ1) is 12.0. The normalized spacial score (nSPS) is 13.6. The maximum Gasteiger partial charge on any atom is 0.240 e. The number of hydrogen-bond donors (Lipinski definition) is 1. The number of nitrogens with one attached hydrogen (secondary N) is 1. The minimum atomic E-state index is -3.54. The SMILES string of the molecule is Cc1ccc(CSCCNS(=O)(=O)c2ccc3c(c2)OCCO3)cc1. The summed E-state index contributed by atoms with van der Waals surface area (Å²) in [6.07, 6.45) is 0. The van der Waals surface area contributed by atoms with Crippen LogP contribution in [-0.4, -0.2) is 33.9 Å². The van der Waals surface area contributed by atoms with Gasteiger partial charge in [0, 0.05) is 24.1 Å². The molecule has 5 nitrogen and oxygen atoms in total. The zero-order valence-electron chi connectivity index (χ0n) is 14.0. The predicted molar refractivity (Wildman–Crippen MR) is 100.0 cm³/mol. The molecule has 1 aliphatic rings. The minimum absolute atomic E-state index is 0.195. The molecule has 0 radical (unpaired) electrons. The summed E-state index contributed by atoms with van der Waals surface area (Å²) < 4.78 is 38.2. The van der Waals surface area contributed by atoms with Gasteiger partial charge in [-0.15, -0.1) is 0 Å². The van der Waals surface area contributed by atoms with Crippen molar-refractivity contribution in [1.82, 2.24) is 4.72 Å². The molecule has 2 aromatic carbocycles. The number of thioether (sulfide) groups is 1. The smallest absolute Gasteiger partial charge is 0.240 e. The maximum absolute atomic E-state index is 12.4. The van der Waals surface area contributed by atoms with Crippen LogP contribution in [0.15, 0.2) is 47.4 Å². The zero-order chi connectivity index (χ0) is 17.7. The maximum atomic E-state index is 12.4. The summed E-state index contributed by atoms with van der Waals surface area (Å²) in [5.41, 5.74) is 2.48. The van der Waals surface area contributed by atoms with E-state index in [0.29, 0.717) is 37.0 Å². The molecule has 134 valence electrons. The van der Waals surface area contributed by atoms with Crippen molar-refractivity contribution in [2.24, 2.45) is 0 Å². The molecule has 0 aliphatic carbocycles. The van der Waals surface area contributed by atoms with Crippen molar-refractivity contribution in [3.8, 4) is 11.5 Å². The Morgan fingerprint density at radius 3 is 2.52 bits per heavy atom. The number of aryl methyl sites for hydroxylation is 1. The van der Waals surface area contributed by atoms with Gasteiger partial charge < -0.3 is 9.47 Å². The van der Waals surface area contributed by atoms with Gasteiger partial charge in [0.25, 0.3) is 0 Å². The van der Waals surface area contributed by atoms with Crippen LogP contribution >= 0.6 is 11.8 Å². The van der Waals surface area contributed by atoms with Crippen molar-refractivity contribution in [2.75, 3.05) is 25.5 Å². The van der Waals surface area contributed by atoms with E-state index in [2.05, 4.69) is 35.9 Å². The summed E-state index contributed by atoms with van der Waals surface area (Å²) in [6, 6.07) is 13.0. The van der Waals surface area contributed by atoms with Crippen molar-refractivity contribution in [3.05, 3.63) is 53.6 Å². The molecule has 1 heterocycles. The Morgan fingerprint density at radius 2 is 1.76 bits per heavy atom. The lowest BCUT2D eigenvalue weighted by atomic mass is 10.2. The van der Waals surface area contributed by atoms with Crippen LogP contribution in [0.25, 0.3) is 0 Å². The second-order valence-electron chi connectivity index (χ2n) is 5.74. The molecule has 0 unspecified atom stereocenters. The molecule has 0 bridgehead atoms. The van der Waals surface area contributed by atoms with Crippen LogP contribution in [0.5, 0.6) is 11.5 Å². The number of fused-ring (bicyclic) bond motifs is 1. The monoisotopic (exact) mass is 379 g/mol. The fourth-order valence-electron chi connectivity index (χ4n) is 2.40. The molecule has 7 heteroatoms. The summed E-state index contributed by atoms with van der Waals surface area (Å²) in [6.45, 7) is 3.35. The van der Waals surface area contributed by atoms with E-state index < -0.39 is 10.0 Å². The highest BCUT2D eigenvalue weighted by atomic mass is 32.2. The van der Waals surface area contributed by atoms with Gasteiger partial charge in [-0.2, -0.15) is 11.8 Å². The first-order valence-electron chi connectivity index (χ1n) is 8.07.